The molecule has 14 heavy (non-hydrogen) atoms. The highest BCUT2D eigenvalue weighted by molar-refractivity contribution is 8.00. The second kappa shape index (κ2) is 5.75. The lowest BCUT2D eigenvalue weighted by Gasteiger charge is -2.20. The van der Waals surface area contributed by atoms with Gasteiger partial charge >= 0.3 is 0 Å². The first-order chi connectivity index (χ1) is 6.65. The van der Waals surface area contributed by atoms with E-state index in [2.05, 4.69) is 16.8 Å². The van der Waals surface area contributed by atoms with Crippen molar-refractivity contribution in [3.63, 3.8) is 0 Å². The van der Waals surface area contributed by atoms with Crippen molar-refractivity contribution in [2.45, 2.75) is 30.5 Å². The molecule has 0 saturated carbocycles. The summed E-state index contributed by atoms with van der Waals surface area (Å²) in [7, 11) is 0. The Morgan fingerprint density at radius 3 is 2.71 bits per heavy atom. The van der Waals surface area contributed by atoms with E-state index in [4.69, 9.17) is 5.73 Å². The zero-order valence-corrected chi connectivity index (χ0v) is 10.1. The van der Waals surface area contributed by atoms with E-state index in [1.54, 1.807) is 23.1 Å². The van der Waals surface area contributed by atoms with Crippen molar-refractivity contribution >= 4 is 23.1 Å². The van der Waals surface area contributed by atoms with Crippen molar-refractivity contribution < 1.29 is 5.11 Å². The van der Waals surface area contributed by atoms with Crippen LogP contribution in [0.4, 0.5) is 0 Å². The first-order valence-electron chi connectivity index (χ1n) is 4.70. The minimum Gasteiger partial charge on any atom is -0.392 e. The summed E-state index contributed by atoms with van der Waals surface area (Å²) in [6.45, 7) is 4.47. The van der Waals surface area contributed by atoms with Gasteiger partial charge in [0.1, 0.15) is 0 Å². The molecule has 1 heterocycles. The molecule has 4 heteroatoms. The third-order valence-electron chi connectivity index (χ3n) is 2.19. The number of thioether (sulfide) groups is 1. The smallest absolute Gasteiger partial charge is 0.0628 e. The first-order valence-corrected chi connectivity index (χ1v) is 6.59. The van der Waals surface area contributed by atoms with Gasteiger partial charge in [-0.2, -0.15) is 11.3 Å². The van der Waals surface area contributed by atoms with Crippen molar-refractivity contribution in [1.82, 2.24) is 0 Å². The second-order valence-corrected chi connectivity index (χ2v) is 5.73. The summed E-state index contributed by atoms with van der Waals surface area (Å²) >= 11 is 3.43. The molecular weight excluding hydrogens is 214 g/mol. The molecule has 1 rings (SSSR count). The highest BCUT2D eigenvalue weighted by Gasteiger charge is 2.17. The van der Waals surface area contributed by atoms with Gasteiger partial charge in [0.05, 0.1) is 6.10 Å². The summed E-state index contributed by atoms with van der Waals surface area (Å²) in [4.78, 5) is 0. The molecule has 0 bridgehead atoms. The lowest BCUT2D eigenvalue weighted by atomic mass is 10.2. The Morgan fingerprint density at radius 1 is 1.57 bits per heavy atom. The fourth-order valence-corrected chi connectivity index (χ4v) is 3.06. The first kappa shape index (κ1) is 12.0. The van der Waals surface area contributed by atoms with Crippen LogP contribution >= 0.6 is 23.1 Å². The SMILES string of the molecule is CC(O)C(C)SC(CN)c1ccsc1. The molecule has 0 aromatic carbocycles. The van der Waals surface area contributed by atoms with E-state index in [0.29, 0.717) is 11.8 Å². The van der Waals surface area contributed by atoms with Gasteiger partial charge in [0.2, 0.25) is 0 Å². The van der Waals surface area contributed by atoms with E-state index < -0.39 is 0 Å². The van der Waals surface area contributed by atoms with Crippen LogP contribution in [0.3, 0.4) is 0 Å². The van der Waals surface area contributed by atoms with Crippen LogP contribution in [-0.2, 0) is 0 Å². The summed E-state index contributed by atoms with van der Waals surface area (Å²) in [5.41, 5.74) is 6.99. The Labute approximate surface area is 93.5 Å². The molecule has 0 aliphatic heterocycles. The van der Waals surface area contributed by atoms with Crippen LogP contribution in [-0.4, -0.2) is 23.0 Å². The summed E-state index contributed by atoms with van der Waals surface area (Å²) < 4.78 is 0. The van der Waals surface area contributed by atoms with Gasteiger partial charge in [0.25, 0.3) is 0 Å². The zero-order valence-electron chi connectivity index (χ0n) is 8.51. The van der Waals surface area contributed by atoms with Crippen LogP contribution in [0, 0.1) is 0 Å². The zero-order chi connectivity index (χ0) is 10.6. The monoisotopic (exact) mass is 231 g/mol. The van der Waals surface area contributed by atoms with E-state index in [1.807, 2.05) is 13.8 Å². The molecule has 0 radical (unpaired) electrons. The van der Waals surface area contributed by atoms with Gasteiger partial charge < -0.3 is 10.8 Å². The van der Waals surface area contributed by atoms with Crippen LogP contribution in [0.15, 0.2) is 16.8 Å². The van der Waals surface area contributed by atoms with E-state index in [9.17, 15) is 5.11 Å². The van der Waals surface area contributed by atoms with Crippen molar-refractivity contribution in [3.8, 4) is 0 Å². The van der Waals surface area contributed by atoms with Gasteiger partial charge in [0.15, 0.2) is 0 Å². The summed E-state index contributed by atoms with van der Waals surface area (Å²) in [5, 5.41) is 14.1. The fraction of sp³-hybridized carbons (Fsp3) is 0.600. The molecule has 3 unspecified atom stereocenters. The van der Waals surface area contributed by atoms with Gasteiger partial charge in [-0.15, -0.1) is 11.8 Å². The molecular formula is C10H17NOS2. The quantitative estimate of drug-likeness (QED) is 0.817. The molecule has 0 amide bonds. The highest BCUT2D eigenvalue weighted by Crippen LogP contribution is 2.33. The van der Waals surface area contributed by atoms with Crippen molar-refractivity contribution in [2.24, 2.45) is 5.73 Å². The van der Waals surface area contributed by atoms with Gasteiger partial charge in [-0.05, 0) is 29.3 Å². The molecule has 1 aromatic heterocycles. The van der Waals surface area contributed by atoms with E-state index in [-0.39, 0.29) is 11.4 Å². The van der Waals surface area contributed by atoms with Crippen LogP contribution < -0.4 is 5.73 Å². The molecule has 0 saturated heterocycles. The third-order valence-corrected chi connectivity index (χ3v) is 4.51. The van der Waals surface area contributed by atoms with Crippen molar-refractivity contribution in [3.05, 3.63) is 22.4 Å². The van der Waals surface area contributed by atoms with Gasteiger partial charge in [-0.3, -0.25) is 0 Å². The predicted octanol–water partition coefficient (Wildman–Crippen LogP) is 2.25. The minimum absolute atomic E-state index is 0.225. The molecule has 0 spiro atoms. The fourth-order valence-electron chi connectivity index (χ4n) is 1.10. The molecule has 0 fully saturated rings. The highest BCUT2D eigenvalue weighted by atomic mass is 32.2. The average Bonchev–Trinajstić information content (AvgIpc) is 2.66. The number of aliphatic hydroxyl groups is 1. The molecule has 0 aliphatic rings. The van der Waals surface area contributed by atoms with Crippen LogP contribution in [0.1, 0.15) is 24.7 Å². The number of thiophene rings is 1. The van der Waals surface area contributed by atoms with E-state index in [1.165, 1.54) is 5.56 Å². The van der Waals surface area contributed by atoms with E-state index >= 15 is 0 Å². The Balaban J connectivity index is 2.56. The second-order valence-electron chi connectivity index (χ2n) is 3.36. The molecule has 2 nitrogen and oxygen atoms in total. The largest absolute Gasteiger partial charge is 0.392 e. The Morgan fingerprint density at radius 2 is 2.29 bits per heavy atom. The summed E-state index contributed by atoms with van der Waals surface area (Å²) in [6.07, 6.45) is -0.285. The van der Waals surface area contributed by atoms with Gasteiger partial charge in [0, 0.05) is 17.0 Å². The lowest BCUT2D eigenvalue weighted by molar-refractivity contribution is 0.196. The number of nitrogens with two attached hydrogens (primary N) is 1. The minimum atomic E-state index is -0.285. The molecule has 3 atom stereocenters. The van der Waals surface area contributed by atoms with Crippen LogP contribution in [0.2, 0.25) is 0 Å². The summed E-state index contributed by atoms with van der Waals surface area (Å²) in [6, 6.07) is 2.10. The number of hydrogen-bond acceptors (Lipinski definition) is 4. The number of rotatable bonds is 5. The maximum Gasteiger partial charge on any atom is 0.0628 e. The predicted molar refractivity (Wildman–Crippen MR) is 64.8 cm³/mol. The Kier molecular flexibility index (Phi) is 4.95. The number of aliphatic hydroxyl groups excluding tert-OH is 1. The third kappa shape index (κ3) is 3.28. The van der Waals surface area contributed by atoms with Crippen LogP contribution in [0.25, 0.3) is 0 Å². The topological polar surface area (TPSA) is 46.2 Å². The maximum atomic E-state index is 9.40. The molecule has 1 aromatic rings. The number of hydrogen-bond donors (Lipinski definition) is 2. The van der Waals surface area contributed by atoms with Crippen LogP contribution in [0.5, 0.6) is 0 Å². The molecule has 0 aliphatic carbocycles. The van der Waals surface area contributed by atoms with E-state index in [0.717, 1.165) is 0 Å². The standard InChI is InChI=1S/C10H17NOS2/c1-7(12)8(2)14-10(5-11)9-3-4-13-6-9/h3-4,6-8,10,12H,5,11H2,1-2H3. The van der Waals surface area contributed by atoms with Crippen molar-refractivity contribution in [1.29, 1.82) is 0 Å². The molecule has 3 N–H and O–H groups in total. The van der Waals surface area contributed by atoms with Gasteiger partial charge in [-0.1, -0.05) is 6.92 Å². The lowest BCUT2D eigenvalue weighted by Crippen LogP contribution is -2.19. The summed E-state index contributed by atoms with van der Waals surface area (Å²) in [5.74, 6) is 0. The Hall–Kier alpha value is -0.0300. The van der Waals surface area contributed by atoms with Gasteiger partial charge in [-0.25, -0.2) is 0 Å². The average molecular weight is 231 g/mol. The normalized spacial score (nSPS) is 17.7. The Bertz CT molecular complexity index is 249. The molecule has 80 valence electrons. The maximum absolute atomic E-state index is 9.40. The van der Waals surface area contributed by atoms with Crippen molar-refractivity contribution in [2.75, 3.05) is 6.54 Å².